The molecule has 0 aliphatic carbocycles. The van der Waals surface area contributed by atoms with Crippen molar-refractivity contribution in [3.63, 3.8) is 0 Å². The normalized spacial score (nSPS) is 17.4. The standard InChI is InChI=1S/C20H35N5O2S/c1-18(10-17-28(3,26)27)23-20(21-2)22-11-7-12-24-13-15-25(16-14-24)19-8-5-4-6-9-19/h4-6,8-9,18H,7,10-17H2,1-3H3,(H2,21,22,23). The summed E-state index contributed by atoms with van der Waals surface area (Å²) in [6.07, 6.45) is 2.89. The van der Waals surface area contributed by atoms with E-state index in [-0.39, 0.29) is 11.8 Å². The summed E-state index contributed by atoms with van der Waals surface area (Å²) in [5.74, 6) is 0.919. The summed E-state index contributed by atoms with van der Waals surface area (Å²) in [4.78, 5) is 9.17. The van der Waals surface area contributed by atoms with Crippen molar-refractivity contribution in [1.82, 2.24) is 15.5 Å². The lowest BCUT2D eigenvalue weighted by atomic mass is 10.2. The Hall–Kier alpha value is -1.80. The van der Waals surface area contributed by atoms with Crippen LogP contribution in [0.4, 0.5) is 5.69 Å². The molecule has 158 valence electrons. The summed E-state index contributed by atoms with van der Waals surface area (Å²) in [5, 5.41) is 6.58. The van der Waals surface area contributed by atoms with Gasteiger partial charge in [0.1, 0.15) is 9.84 Å². The Morgan fingerprint density at radius 2 is 1.86 bits per heavy atom. The van der Waals surface area contributed by atoms with Crippen molar-refractivity contribution in [3.8, 4) is 0 Å². The summed E-state index contributed by atoms with van der Waals surface area (Å²) in [6.45, 7) is 8.20. The van der Waals surface area contributed by atoms with Crippen LogP contribution in [0, 0.1) is 0 Å². The molecule has 1 aromatic rings. The molecule has 1 fully saturated rings. The fourth-order valence-electron chi connectivity index (χ4n) is 3.27. The summed E-state index contributed by atoms with van der Waals surface area (Å²) in [6, 6.07) is 10.7. The van der Waals surface area contributed by atoms with Gasteiger partial charge in [-0.05, 0) is 38.4 Å². The number of hydrogen-bond acceptors (Lipinski definition) is 5. The molecule has 0 amide bonds. The fourth-order valence-corrected chi connectivity index (χ4v) is 4.05. The van der Waals surface area contributed by atoms with Crippen molar-refractivity contribution in [2.24, 2.45) is 4.99 Å². The Labute approximate surface area is 170 Å². The molecule has 1 aliphatic heterocycles. The molecule has 1 unspecified atom stereocenters. The van der Waals surface area contributed by atoms with Gasteiger partial charge in [-0.3, -0.25) is 9.89 Å². The monoisotopic (exact) mass is 409 g/mol. The summed E-state index contributed by atoms with van der Waals surface area (Å²) in [5.41, 5.74) is 1.31. The average Bonchev–Trinajstić information content (AvgIpc) is 2.69. The summed E-state index contributed by atoms with van der Waals surface area (Å²) < 4.78 is 22.5. The lowest BCUT2D eigenvalue weighted by molar-refractivity contribution is 0.255. The van der Waals surface area contributed by atoms with Crippen LogP contribution in [0.2, 0.25) is 0 Å². The first kappa shape index (κ1) is 22.5. The number of hydrogen-bond donors (Lipinski definition) is 2. The zero-order valence-corrected chi connectivity index (χ0v) is 18.2. The maximum Gasteiger partial charge on any atom is 0.191 e. The second-order valence-electron chi connectivity index (χ2n) is 7.48. The molecule has 0 saturated carbocycles. The number of benzene rings is 1. The average molecular weight is 410 g/mol. The second kappa shape index (κ2) is 11.3. The molecule has 7 nitrogen and oxygen atoms in total. The number of rotatable bonds is 9. The van der Waals surface area contributed by atoms with Crippen LogP contribution in [-0.4, -0.2) is 83.6 Å². The molecule has 2 N–H and O–H groups in total. The minimum atomic E-state index is -2.93. The summed E-state index contributed by atoms with van der Waals surface area (Å²) in [7, 11) is -1.19. The summed E-state index contributed by atoms with van der Waals surface area (Å²) >= 11 is 0. The zero-order chi connectivity index (χ0) is 20.4. The number of piperazine rings is 1. The number of anilines is 1. The van der Waals surface area contributed by atoms with Crippen LogP contribution in [0.15, 0.2) is 35.3 Å². The molecular weight excluding hydrogens is 374 g/mol. The van der Waals surface area contributed by atoms with Crippen LogP contribution < -0.4 is 15.5 Å². The van der Waals surface area contributed by atoms with Gasteiger partial charge in [0.15, 0.2) is 5.96 Å². The van der Waals surface area contributed by atoms with Crippen LogP contribution in [0.25, 0.3) is 0 Å². The first-order chi connectivity index (χ1) is 13.4. The SMILES string of the molecule is CN=C(NCCCN1CCN(c2ccccc2)CC1)NC(C)CCS(C)(=O)=O. The van der Waals surface area contributed by atoms with Gasteiger partial charge in [-0.15, -0.1) is 0 Å². The molecule has 0 aromatic heterocycles. The van der Waals surface area contributed by atoms with Gasteiger partial charge in [0.05, 0.1) is 5.75 Å². The molecule has 1 aliphatic rings. The van der Waals surface area contributed by atoms with E-state index >= 15 is 0 Å². The van der Waals surface area contributed by atoms with Gasteiger partial charge < -0.3 is 15.5 Å². The van der Waals surface area contributed by atoms with E-state index in [1.54, 1.807) is 7.05 Å². The third-order valence-corrected chi connectivity index (χ3v) is 5.94. The second-order valence-corrected chi connectivity index (χ2v) is 9.74. The highest BCUT2D eigenvalue weighted by atomic mass is 32.2. The molecule has 0 radical (unpaired) electrons. The molecule has 1 atom stereocenters. The van der Waals surface area contributed by atoms with E-state index in [1.807, 2.05) is 6.92 Å². The maximum atomic E-state index is 11.3. The van der Waals surface area contributed by atoms with Crippen LogP contribution in [0.3, 0.4) is 0 Å². The number of nitrogens with one attached hydrogen (secondary N) is 2. The van der Waals surface area contributed by atoms with Crippen LogP contribution in [0.1, 0.15) is 19.8 Å². The Morgan fingerprint density at radius 1 is 1.18 bits per heavy atom. The molecule has 1 aromatic carbocycles. The number of nitrogens with zero attached hydrogens (tertiary/aromatic N) is 3. The van der Waals surface area contributed by atoms with Crippen molar-refractivity contribution < 1.29 is 8.42 Å². The Bertz CT molecular complexity index is 701. The van der Waals surface area contributed by atoms with Crippen molar-refractivity contribution in [3.05, 3.63) is 30.3 Å². The van der Waals surface area contributed by atoms with Crippen molar-refractivity contribution >= 4 is 21.5 Å². The fraction of sp³-hybridized carbons (Fsp3) is 0.650. The van der Waals surface area contributed by atoms with Crippen molar-refractivity contribution in [2.45, 2.75) is 25.8 Å². The molecule has 0 bridgehead atoms. The van der Waals surface area contributed by atoms with Gasteiger partial charge in [0, 0.05) is 57.8 Å². The van der Waals surface area contributed by atoms with E-state index in [0.717, 1.165) is 51.6 Å². The lowest BCUT2D eigenvalue weighted by Crippen LogP contribution is -2.47. The van der Waals surface area contributed by atoms with Crippen molar-refractivity contribution in [2.75, 3.05) is 63.2 Å². The Kier molecular flexibility index (Phi) is 9.05. The maximum absolute atomic E-state index is 11.3. The predicted molar refractivity (Wildman–Crippen MR) is 118 cm³/mol. The van der Waals surface area contributed by atoms with E-state index in [9.17, 15) is 8.42 Å². The van der Waals surface area contributed by atoms with E-state index in [2.05, 4.69) is 55.8 Å². The first-order valence-corrected chi connectivity index (χ1v) is 12.1. The van der Waals surface area contributed by atoms with E-state index in [0.29, 0.717) is 6.42 Å². The molecule has 0 spiro atoms. The first-order valence-electron chi connectivity index (χ1n) is 10.0. The highest BCUT2D eigenvalue weighted by molar-refractivity contribution is 7.90. The largest absolute Gasteiger partial charge is 0.369 e. The molecule has 1 heterocycles. The van der Waals surface area contributed by atoms with E-state index in [1.165, 1.54) is 11.9 Å². The quantitative estimate of drug-likeness (QED) is 0.362. The van der Waals surface area contributed by atoms with E-state index in [4.69, 9.17) is 0 Å². The minimum absolute atomic E-state index is 0.0620. The van der Waals surface area contributed by atoms with Gasteiger partial charge in [0.25, 0.3) is 0 Å². The van der Waals surface area contributed by atoms with Gasteiger partial charge in [-0.1, -0.05) is 18.2 Å². The smallest absolute Gasteiger partial charge is 0.191 e. The molecule has 8 heteroatoms. The Balaban J connectivity index is 1.60. The zero-order valence-electron chi connectivity index (χ0n) is 17.4. The minimum Gasteiger partial charge on any atom is -0.369 e. The number of guanidine groups is 1. The van der Waals surface area contributed by atoms with Gasteiger partial charge in [-0.2, -0.15) is 0 Å². The number of para-hydroxylation sites is 1. The molecule has 2 rings (SSSR count). The van der Waals surface area contributed by atoms with Crippen LogP contribution >= 0.6 is 0 Å². The van der Waals surface area contributed by atoms with Crippen molar-refractivity contribution in [1.29, 1.82) is 0 Å². The Morgan fingerprint density at radius 3 is 2.46 bits per heavy atom. The van der Waals surface area contributed by atoms with Gasteiger partial charge in [-0.25, -0.2) is 8.42 Å². The third kappa shape index (κ3) is 8.48. The number of aliphatic imine (C=N–C) groups is 1. The van der Waals surface area contributed by atoms with Crippen LogP contribution in [0.5, 0.6) is 0 Å². The van der Waals surface area contributed by atoms with Crippen LogP contribution in [-0.2, 0) is 9.84 Å². The highest BCUT2D eigenvalue weighted by Gasteiger charge is 2.16. The molecule has 1 saturated heterocycles. The number of sulfone groups is 1. The molecular formula is C20H35N5O2S. The highest BCUT2D eigenvalue weighted by Crippen LogP contribution is 2.15. The van der Waals surface area contributed by atoms with E-state index < -0.39 is 9.84 Å². The van der Waals surface area contributed by atoms with Gasteiger partial charge in [0.2, 0.25) is 0 Å². The molecule has 28 heavy (non-hydrogen) atoms. The predicted octanol–water partition coefficient (Wildman–Crippen LogP) is 1.19. The third-order valence-electron chi connectivity index (χ3n) is 4.97. The topological polar surface area (TPSA) is 77.0 Å². The lowest BCUT2D eigenvalue weighted by Gasteiger charge is -2.36. The van der Waals surface area contributed by atoms with Gasteiger partial charge >= 0.3 is 0 Å².